The quantitative estimate of drug-likeness (QED) is 0.0382. The van der Waals surface area contributed by atoms with Gasteiger partial charge in [0.25, 0.3) is 15.6 Å². The second kappa shape index (κ2) is 22.1. The summed E-state index contributed by atoms with van der Waals surface area (Å²) in [6.45, 7) is 5.22. The second-order valence-corrected chi connectivity index (χ2v) is 19.1. The summed E-state index contributed by atoms with van der Waals surface area (Å²) in [6.07, 6.45) is -7.56. The predicted molar refractivity (Wildman–Crippen MR) is 200 cm³/mol. The van der Waals surface area contributed by atoms with Crippen LogP contribution in [0.1, 0.15) is 26.5 Å². The summed E-state index contributed by atoms with van der Waals surface area (Å²) in [7, 11) is -17.6. The van der Waals surface area contributed by atoms with Crippen molar-refractivity contribution in [3.8, 4) is 0 Å². The van der Waals surface area contributed by atoms with Gasteiger partial charge in [-0.15, -0.1) is 0 Å². The van der Waals surface area contributed by atoms with E-state index in [1.54, 1.807) is 0 Å². The van der Waals surface area contributed by atoms with Crippen LogP contribution in [0.4, 0.5) is 5.82 Å². The van der Waals surface area contributed by atoms with Crippen LogP contribution in [0, 0.1) is 5.41 Å². The third kappa shape index (κ3) is 15.6. The highest BCUT2D eigenvalue weighted by Crippen LogP contribution is 2.56. The van der Waals surface area contributed by atoms with Crippen LogP contribution in [0.2, 0.25) is 0 Å². The third-order valence-corrected chi connectivity index (χ3v) is 12.8. The number of nitrogens with two attached hydrogens (primary N) is 1. The first kappa shape index (κ1) is 49.9. The number of nitrogens with one attached hydrogen (secondary N) is 4. The number of hydrogen-bond donors (Lipinski definition) is 7. The molecule has 0 spiro atoms. The zero-order valence-electron chi connectivity index (χ0n) is 32.3. The van der Waals surface area contributed by atoms with Gasteiger partial charge >= 0.3 is 0 Å². The number of imidazole rings is 1. The van der Waals surface area contributed by atoms with Crippen LogP contribution < -0.4 is 46.6 Å². The molecule has 0 aromatic carbocycles. The Morgan fingerprint density at radius 3 is 2.42 bits per heavy atom. The summed E-state index contributed by atoms with van der Waals surface area (Å²) in [5, 5.41) is 32.4. The average Bonchev–Trinajstić information content (AvgIpc) is 3.73. The minimum absolute atomic E-state index is 0.0207. The van der Waals surface area contributed by atoms with Crippen LogP contribution >= 0.6 is 35.2 Å². The first-order valence-electron chi connectivity index (χ1n) is 18.2. The first-order valence-corrected chi connectivity index (χ1v) is 23.7. The SMILES string of the molecule is CC(C)(COP(=O)([O-])OP(=O)([O-])OC[C@H]1O[C@@H](n2cnc3c(N)ncnc32)[C@H](O)[C@@H]1OP(=O)([O-])[O-])[C@@H](O)C(=O)NCCC(=O)NCCSCC(=O)NCCN1CCNCC1. The molecule has 27 nitrogen and oxygen atoms in total. The Bertz CT molecular complexity index is 1920. The number of nitrogens with zero attached hydrogens (tertiary/aromatic N) is 5. The number of nitrogen functional groups attached to an aromatic ring is 1. The molecule has 4 rings (SSSR count). The maximum atomic E-state index is 12.6. The van der Waals surface area contributed by atoms with Gasteiger partial charge in [-0.05, 0) is 0 Å². The minimum atomic E-state index is -5.92. The lowest BCUT2D eigenvalue weighted by atomic mass is 9.87. The number of amides is 3. The molecule has 0 radical (unpaired) electrons. The number of hydrogen-bond acceptors (Lipinski definition) is 24. The minimum Gasteiger partial charge on any atom is -0.790 e. The zero-order chi connectivity index (χ0) is 44.3. The molecule has 60 heavy (non-hydrogen) atoms. The van der Waals surface area contributed by atoms with E-state index in [9.17, 15) is 57.9 Å². The summed E-state index contributed by atoms with van der Waals surface area (Å²) in [4.78, 5) is 98.6. The summed E-state index contributed by atoms with van der Waals surface area (Å²) in [5.74, 6) is -0.944. The molecular formula is C29H47N10O17P3S-4. The molecule has 0 saturated carbocycles. The Morgan fingerprint density at radius 2 is 1.72 bits per heavy atom. The molecule has 0 aliphatic carbocycles. The molecule has 3 amide bonds. The molecule has 340 valence electrons. The number of fused-ring (bicyclic) bond motifs is 1. The second-order valence-electron chi connectivity index (χ2n) is 14.0. The number of anilines is 1. The lowest BCUT2D eigenvalue weighted by Crippen LogP contribution is -2.46. The van der Waals surface area contributed by atoms with Gasteiger partial charge < -0.3 is 79.7 Å². The van der Waals surface area contributed by atoms with Crippen molar-refractivity contribution in [2.75, 3.05) is 82.8 Å². The Balaban J connectivity index is 1.16. The lowest BCUT2D eigenvalue weighted by molar-refractivity contribution is -0.347. The first-order chi connectivity index (χ1) is 28.1. The molecule has 2 aliphatic heterocycles. The van der Waals surface area contributed by atoms with E-state index in [0.29, 0.717) is 12.3 Å². The van der Waals surface area contributed by atoms with E-state index in [-0.39, 0.29) is 48.2 Å². The van der Waals surface area contributed by atoms with E-state index in [4.69, 9.17) is 10.5 Å². The number of phosphoric acid groups is 3. The highest BCUT2D eigenvalue weighted by Gasteiger charge is 2.47. The van der Waals surface area contributed by atoms with Gasteiger partial charge in [-0.3, -0.25) is 33.0 Å². The molecule has 2 aromatic rings. The van der Waals surface area contributed by atoms with Crippen LogP contribution in [0.25, 0.3) is 11.2 Å². The largest absolute Gasteiger partial charge is 0.790 e. The Hall–Kier alpha value is -2.72. The lowest BCUT2D eigenvalue weighted by Gasteiger charge is -2.36. The molecule has 0 bridgehead atoms. The van der Waals surface area contributed by atoms with E-state index in [1.807, 2.05) is 0 Å². The van der Waals surface area contributed by atoms with Crippen molar-refractivity contribution in [1.29, 1.82) is 0 Å². The molecule has 2 aliphatic rings. The van der Waals surface area contributed by atoms with Crippen LogP contribution in [0.3, 0.4) is 0 Å². The monoisotopic (exact) mass is 932 g/mol. The molecule has 2 aromatic heterocycles. The van der Waals surface area contributed by atoms with Crippen LogP contribution in [0.5, 0.6) is 0 Å². The average molecular weight is 933 g/mol. The predicted octanol–water partition coefficient (Wildman–Crippen LogP) is -5.37. The number of carbonyl (C=O) groups excluding carboxylic acids is 3. The number of phosphoric ester groups is 3. The molecule has 2 fully saturated rings. The van der Waals surface area contributed by atoms with Crippen LogP contribution in [-0.4, -0.2) is 154 Å². The van der Waals surface area contributed by atoms with E-state index in [0.717, 1.165) is 49.9 Å². The number of aromatic nitrogens is 4. The van der Waals surface area contributed by atoms with Gasteiger partial charge in [0.1, 0.15) is 36.3 Å². The topological polar surface area (TPSA) is 402 Å². The van der Waals surface area contributed by atoms with Gasteiger partial charge in [0.15, 0.2) is 17.7 Å². The van der Waals surface area contributed by atoms with Gasteiger partial charge in [0.2, 0.25) is 17.7 Å². The number of aliphatic hydroxyl groups is 2. The maximum Gasteiger partial charge on any atom is 0.274 e. The highest BCUT2D eigenvalue weighted by molar-refractivity contribution is 7.99. The van der Waals surface area contributed by atoms with E-state index >= 15 is 0 Å². The zero-order valence-corrected chi connectivity index (χ0v) is 35.8. The highest BCUT2D eigenvalue weighted by atomic mass is 32.2. The molecule has 8 N–H and O–H groups in total. The number of rotatable bonds is 24. The smallest absolute Gasteiger partial charge is 0.274 e. The molecule has 31 heteroatoms. The van der Waals surface area contributed by atoms with Gasteiger partial charge in [0, 0.05) is 69.9 Å². The number of piperazine rings is 1. The fourth-order valence-electron chi connectivity index (χ4n) is 5.68. The van der Waals surface area contributed by atoms with Crippen LogP contribution in [0.15, 0.2) is 12.7 Å². The van der Waals surface area contributed by atoms with Crippen LogP contribution in [-0.2, 0) is 50.7 Å². The van der Waals surface area contributed by atoms with E-state index in [2.05, 4.69) is 59.0 Å². The van der Waals surface area contributed by atoms with Crippen molar-refractivity contribution in [3.05, 3.63) is 12.7 Å². The van der Waals surface area contributed by atoms with Crippen molar-refractivity contribution in [3.63, 3.8) is 0 Å². The maximum absolute atomic E-state index is 12.6. The summed E-state index contributed by atoms with van der Waals surface area (Å²) in [5.41, 5.74) is 4.08. The summed E-state index contributed by atoms with van der Waals surface area (Å²) in [6, 6.07) is 0. The summed E-state index contributed by atoms with van der Waals surface area (Å²) < 4.78 is 60.6. The van der Waals surface area contributed by atoms with Crippen molar-refractivity contribution >= 4 is 69.9 Å². The number of thioether (sulfide) groups is 1. The number of aliphatic hydroxyl groups excluding tert-OH is 2. The van der Waals surface area contributed by atoms with E-state index in [1.165, 1.54) is 25.6 Å². The molecular weight excluding hydrogens is 885 g/mol. The van der Waals surface area contributed by atoms with Crippen molar-refractivity contribution in [2.24, 2.45) is 5.41 Å². The Kier molecular flexibility index (Phi) is 18.4. The van der Waals surface area contributed by atoms with Gasteiger partial charge in [-0.1, -0.05) is 13.8 Å². The van der Waals surface area contributed by atoms with Gasteiger partial charge in [-0.25, -0.2) is 19.3 Å². The molecule has 2 unspecified atom stereocenters. The van der Waals surface area contributed by atoms with Crippen molar-refractivity contribution < 1.29 is 80.5 Å². The fraction of sp³-hybridized carbons (Fsp3) is 0.724. The fourth-order valence-corrected chi connectivity index (χ4v) is 9.10. The third-order valence-electron chi connectivity index (χ3n) is 8.81. The molecule has 7 atom stereocenters. The number of ether oxygens (including phenoxy) is 1. The van der Waals surface area contributed by atoms with Gasteiger partial charge in [-0.2, -0.15) is 11.8 Å². The van der Waals surface area contributed by atoms with E-state index < -0.39 is 84.6 Å². The summed E-state index contributed by atoms with van der Waals surface area (Å²) >= 11 is 1.33. The Labute approximate surface area is 347 Å². The van der Waals surface area contributed by atoms with Crippen molar-refractivity contribution in [2.45, 2.75) is 50.9 Å². The molecule has 4 heterocycles. The molecule has 2 saturated heterocycles. The number of carbonyl (C=O) groups is 3. The normalized spacial score (nSPS) is 22.8. The Morgan fingerprint density at radius 1 is 1.03 bits per heavy atom. The van der Waals surface area contributed by atoms with Gasteiger partial charge in [0.05, 0.1) is 33.1 Å². The van der Waals surface area contributed by atoms with Crippen molar-refractivity contribution in [1.82, 2.24) is 45.7 Å². The standard InChI is InChI=1S/C29H51N10O17P3S/c1-29(2,24(43)27(44)34-4-3-19(40)33-8-12-60-14-20(41)32-7-11-38-9-5-31-6-10-38)15-53-59(50,51)56-58(48,49)52-13-18-23(55-57(45,46)47)22(42)28(54-18)39-17-37-21-25(30)35-16-36-26(21)39/h16-18,22-24,28,31,42-43H,3-15H2,1-2H3,(H,32,41)(H,33,40)(H,34,44)(H,48,49)(H,50,51)(H2,30,35,36)(H2,45,46,47)/p-4/t18-,22-,23-,24+,28-/m1/s1.